The molecule has 0 amide bonds. The fourth-order valence-electron chi connectivity index (χ4n) is 1.75. The van der Waals surface area contributed by atoms with Crippen molar-refractivity contribution in [2.24, 2.45) is 0 Å². The molecule has 0 aliphatic heterocycles. The first-order chi connectivity index (χ1) is 10.4. The molecule has 0 fully saturated rings. The lowest BCUT2D eigenvalue weighted by Crippen LogP contribution is -2.05. The topological polar surface area (TPSA) is 60.5 Å². The summed E-state index contributed by atoms with van der Waals surface area (Å²) in [5.41, 5.74) is 0.394. The average molecular weight is 299 g/mol. The van der Waals surface area contributed by atoms with Gasteiger partial charge in [0.05, 0.1) is 28.5 Å². The van der Waals surface area contributed by atoms with Crippen LogP contribution in [0.3, 0.4) is 0 Å². The molecular weight excluding hydrogens is 291 g/mol. The quantitative estimate of drug-likeness (QED) is 0.786. The number of aromatic nitrogens is 1. The van der Waals surface area contributed by atoms with Crippen molar-refractivity contribution >= 4 is 11.6 Å². The maximum atomic E-state index is 12.5. The molecule has 0 saturated carbocycles. The number of rotatable bonds is 2. The van der Waals surface area contributed by atoms with Gasteiger partial charge in [0.25, 0.3) is 0 Å². The summed E-state index contributed by atoms with van der Waals surface area (Å²) in [5.74, 6) is 0. The Hall–Kier alpha value is -3.12. The zero-order valence-electron chi connectivity index (χ0n) is 11.1. The number of pyridine rings is 1. The molecule has 3 nitrogen and oxygen atoms in total. The van der Waals surface area contributed by atoms with Crippen LogP contribution in [-0.2, 0) is 6.18 Å². The molecule has 1 aromatic heterocycles. The molecule has 0 saturated heterocycles. The van der Waals surface area contributed by atoms with E-state index in [-0.39, 0.29) is 11.3 Å². The minimum absolute atomic E-state index is 0.115. The molecule has 6 heteroatoms. The standard InChI is InChI=1S/C16H8F3N3/c17-16(18,19)14-4-5-15(22-10-14)13(9-21)7-11-2-1-3-12(6-11)8-20/h1-7,10H. The third-order valence-corrected chi connectivity index (χ3v) is 2.81. The molecule has 0 unspecified atom stereocenters. The summed E-state index contributed by atoms with van der Waals surface area (Å²) in [6, 6.07) is 12.4. The molecule has 1 aromatic carbocycles. The second kappa shape index (κ2) is 6.11. The number of benzene rings is 1. The third-order valence-electron chi connectivity index (χ3n) is 2.81. The van der Waals surface area contributed by atoms with Crippen molar-refractivity contribution in [3.8, 4) is 12.1 Å². The summed E-state index contributed by atoms with van der Waals surface area (Å²) in [5, 5.41) is 18.0. The van der Waals surface area contributed by atoms with Gasteiger partial charge in [0.15, 0.2) is 0 Å². The summed E-state index contributed by atoms with van der Waals surface area (Å²) in [7, 11) is 0. The first kappa shape index (κ1) is 15.3. The number of allylic oxidation sites excluding steroid dienone is 1. The van der Waals surface area contributed by atoms with E-state index in [1.807, 2.05) is 12.1 Å². The van der Waals surface area contributed by atoms with Gasteiger partial charge in [-0.3, -0.25) is 4.98 Å². The van der Waals surface area contributed by atoms with Crippen LogP contribution in [-0.4, -0.2) is 4.98 Å². The van der Waals surface area contributed by atoms with Crippen molar-refractivity contribution in [2.75, 3.05) is 0 Å². The minimum Gasteiger partial charge on any atom is -0.255 e. The van der Waals surface area contributed by atoms with E-state index in [2.05, 4.69) is 4.98 Å². The first-order valence-electron chi connectivity index (χ1n) is 6.09. The summed E-state index contributed by atoms with van der Waals surface area (Å²) < 4.78 is 37.4. The van der Waals surface area contributed by atoms with Crippen molar-refractivity contribution in [2.45, 2.75) is 6.18 Å². The summed E-state index contributed by atoms with van der Waals surface area (Å²) in [6.07, 6.45) is -2.31. The Kier molecular flexibility index (Phi) is 4.24. The van der Waals surface area contributed by atoms with E-state index < -0.39 is 11.7 Å². The van der Waals surface area contributed by atoms with Crippen molar-refractivity contribution in [1.82, 2.24) is 4.98 Å². The average Bonchev–Trinajstić information content (AvgIpc) is 2.52. The fraction of sp³-hybridized carbons (Fsp3) is 0.0625. The smallest absolute Gasteiger partial charge is 0.255 e. The van der Waals surface area contributed by atoms with E-state index >= 15 is 0 Å². The van der Waals surface area contributed by atoms with Gasteiger partial charge >= 0.3 is 6.18 Å². The van der Waals surface area contributed by atoms with Gasteiger partial charge < -0.3 is 0 Å². The van der Waals surface area contributed by atoms with Crippen molar-refractivity contribution in [1.29, 1.82) is 10.5 Å². The monoisotopic (exact) mass is 299 g/mol. The van der Waals surface area contributed by atoms with Gasteiger partial charge in [0, 0.05) is 6.20 Å². The van der Waals surface area contributed by atoms with Crippen LogP contribution in [0.5, 0.6) is 0 Å². The van der Waals surface area contributed by atoms with Crippen LogP contribution < -0.4 is 0 Å². The maximum Gasteiger partial charge on any atom is 0.417 e. The normalized spacial score (nSPS) is 11.6. The van der Waals surface area contributed by atoms with Gasteiger partial charge in [-0.2, -0.15) is 23.7 Å². The van der Waals surface area contributed by atoms with Gasteiger partial charge in [-0.15, -0.1) is 0 Å². The van der Waals surface area contributed by atoms with E-state index in [0.29, 0.717) is 17.3 Å². The number of hydrogen-bond donors (Lipinski definition) is 0. The second-order valence-corrected chi connectivity index (χ2v) is 4.34. The number of nitriles is 2. The van der Waals surface area contributed by atoms with Crippen molar-refractivity contribution < 1.29 is 13.2 Å². The molecule has 2 rings (SSSR count). The molecule has 1 heterocycles. The molecule has 0 N–H and O–H groups in total. The molecule has 0 radical (unpaired) electrons. The summed E-state index contributed by atoms with van der Waals surface area (Å²) in [4.78, 5) is 3.68. The molecule has 0 aliphatic rings. The lowest BCUT2D eigenvalue weighted by molar-refractivity contribution is -0.137. The van der Waals surface area contributed by atoms with Gasteiger partial charge in [0.1, 0.15) is 6.07 Å². The molecule has 0 bridgehead atoms. The molecule has 22 heavy (non-hydrogen) atoms. The Balaban J connectivity index is 2.38. The van der Waals surface area contributed by atoms with E-state index in [0.717, 1.165) is 12.1 Å². The highest BCUT2D eigenvalue weighted by Gasteiger charge is 2.30. The Morgan fingerprint density at radius 1 is 1.14 bits per heavy atom. The highest BCUT2D eigenvalue weighted by molar-refractivity contribution is 5.88. The number of alkyl halides is 3. The predicted octanol–water partition coefficient (Wildman–Crippen LogP) is 4.04. The second-order valence-electron chi connectivity index (χ2n) is 4.34. The molecular formula is C16H8F3N3. The van der Waals surface area contributed by atoms with Crippen LogP contribution in [0, 0.1) is 22.7 Å². The molecule has 0 spiro atoms. The highest BCUT2D eigenvalue weighted by Crippen LogP contribution is 2.29. The lowest BCUT2D eigenvalue weighted by Gasteiger charge is -2.06. The fourth-order valence-corrected chi connectivity index (χ4v) is 1.75. The Morgan fingerprint density at radius 3 is 2.45 bits per heavy atom. The van der Waals surface area contributed by atoms with Crippen LogP contribution in [0.1, 0.15) is 22.4 Å². The van der Waals surface area contributed by atoms with Gasteiger partial charge in [-0.05, 0) is 35.9 Å². The summed E-state index contributed by atoms with van der Waals surface area (Å²) in [6.45, 7) is 0. The molecule has 0 atom stereocenters. The largest absolute Gasteiger partial charge is 0.417 e. The van der Waals surface area contributed by atoms with Crippen LogP contribution in [0.15, 0.2) is 42.6 Å². The van der Waals surface area contributed by atoms with Gasteiger partial charge in [-0.25, -0.2) is 0 Å². The Labute approximate surface area is 124 Å². The van der Waals surface area contributed by atoms with Gasteiger partial charge in [-0.1, -0.05) is 12.1 Å². The maximum absolute atomic E-state index is 12.5. The van der Waals surface area contributed by atoms with Gasteiger partial charge in [0.2, 0.25) is 0 Å². The molecule has 0 aliphatic carbocycles. The van der Waals surface area contributed by atoms with E-state index in [4.69, 9.17) is 10.5 Å². The minimum atomic E-state index is -4.47. The van der Waals surface area contributed by atoms with Crippen LogP contribution in [0.25, 0.3) is 11.6 Å². The van der Waals surface area contributed by atoms with Crippen molar-refractivity contribution in [3.63, 3.8) is 0 Å². The van der Waals surface area contributed by atoms with E-state index in [9.17, 15) is 13.2 Å². The van der Waals surface area contributed by atoms with E-state index in [1.165, 1.54) is 6.08 Å². The number of hydrogen-bond acceptors (Lipinski definition) is 3. The lowest BCUT2D eigenvalue weighted by atomic mass is 10.1. The summed E-state index contributed by atoms with van der Waals surface area (Å²) >= 11 is 0. The van der Waals surface area contributed by atoms with E-state index in [1.54, 1.807) is 24.3 Å². The zero-order chi connectivity index (χ0) is 16.2. The number of halogens is 3. The highest BCUT2D eigenvalue weighted by atomic mass is 19.4. The molecule has 2 aromatic rings. The predicted molar refractivity (Wildman–Crippen MR) is 73.9 cm³/mol. The Morgan fingerprint density at radius 2 is 1.91 bits per heavy atom. The van der Waals surface area contributed by atoms with Crippen LogP contribution in [0.2, 0.25) is 0 Å². The third kappa shape index (κ3) is 3.50. The SMILES string of the molecule is N#CC(=Cc1cccc(C#N)c1)c1ccc(C(F)(F)F)cn1. The number of nitrogens with zero attached hydrogens (tertiary/aromatic N) is 3. The van der Waals surface area contributed by atoms with Crippen LogP contribution in [0.4, 0.5) is 13.2 Å². The zero-order valence-corrected chi connectivity index (χ0v) is 11.1. The molecule has 108 valence electrons. The Bertz CT molecular complexity index is 791. The van der Waals surface area contributed by atoms with Crippen LogP contribution >= 0.6 is 0 Å². The van der Waals surface area contributed by atoms with Crippen molar-refractivity contribution in [3.05, 3.63) is 65.0 Å². The first-order valence-corrected chi connectivity index (χ1v) is 6.09.